The molecule has 0 radical (unpaired) electrons. The molecule has 10 heteroatoms. The fourth-order valence-electron chi connectivity index (χ4n) is 2.84. The van der Waals surface area contributed by atoms with Gasteiger partial charge in [0.05, 0.1) is 31.9 Å². The van der Waals surface area contributed by atoms with Crippen molar-refractivity contribution in [2.45, 2.75) is 13.0 Å². The van der Waals surface area contributed by atoms with Crippen LogP contribution in [0.2, 0.25) is 5.02 Å². The fraction of sp³-hybridized carbons (Fsp3) is 0.318. The summed E-state index contributed by atoms with van der Waals surface area (Å²) in [5.74, 6) is -1.01. The lowest BCUT2D eigenvalue weighted by Gasteiger charge is -2.22. The molecule has 0 unspecified atom stereocenters. The molecule has 0 fully saturated rings. The van der Waals surface area contributed by atoms with Crippen molar-refractivity contribution >= 4 is 29.4 Å². The van der Waals surface area contributed by atoms with E-state index < -0.39 is 17.7 Å². The van der Waals surface area contributed by atoms with Crippen molar-refractivity contribution < 1.29 is 33.0 Å². The number of rotatable bonds is 10. The number of carbonyl (C=O) groups is 3. The highest BCUT2D eigenvalue weighted by molar-refractivity contribution is 6.33. The summed E-state index contributed by atoms with van der Waals surface area (Å²) in [7, 11) is 4.24. The number of methoxy groups -OCH3 is 3. The molecule has 0 aliphatic carbocycles. The smallest absolute Gasteiger partial charge is 0.325 e. The number of ether oxygens (including phenoxy) is 3. The number of hydrogen-bond acceptors (Lipinski definition) is 6. The van der Waals surface area contributed by atoms with Crippen LogP contribution in [-0.4, -0.2) is 57.1 Å². The average molecular weight is 467 g/mol. The van der Waals surface area contributed by atoms with Crippen LogP contribution in [0.15, 0.2) is 36.4 Å². The van der Waals surface area contributed by atoms with Crippen LogP contribution >= 0.6 is 11.6 Å². The Morgan fingerprint density at radius 1 is 1.03 bits per heavy atom. The molecule has 172 valence electrons. The Labute approximate surface area is 190 Å². The molecule has 0 saturated heterocycles. The van der Waals surface area contributed by atoms with Gasteiger partial charge in [0.25, 0.3) is 5.91 Å². The molecule has 2 rings (SSSR count). The summed E-state index contributed by atoms with van der Waals surface area (Å²) in [4.78, 5) is 38.1. The Hall–Kier alpha value is -3.33. The number of carbonyl (C=O) groups excluding carboxylic acids is 3. The van der Waals surface area contributed by atoms with Crippen molar-refractivity contribution in [1.29, 1.82) is 0 Å². The van der Waals surface area contributed by atoms with E-state index in [0.717, 1.165) is 12.1 Å². The third kappa shape index (κ3) is 7.12. The van der Waals surface area contributed by atoms with Crippen LogP contribution in [0, 0.1) is 5.82 Å². The number of esters is 1. The van der Waals surface area contributed by atoms with E-state index in [1.165, 1.54) is 32.3 Å². The molecule has 8 nitrogen and oxygen atoms in total. The highest BCUT2D eigenvalue weighted by Gasteiger charge is 2.19. The average Bonchev–Trinajstić information content (AvgIpc) is 2.77. The van der Waals surface area contributed by atoms with E-state index in [0.29, 0.717) is 17.1 Å². The van der Waals surface area contributed by atoms with Crippen LogP contribution in [0.1, 0.15) is 22.3 Å². The number of amides is 2. The molecule has 1 N–H and O–H groups in total. The van der Waals surface area contributed by atoms with Gasteiger partial charge in [-0.1, -0.05) is 11.6 Å². The number of benzene rings is 2. The van der Waals surface area contributed by atoms with Crippen molar-refractivity contribution in [3.05, 3.63) is 58.4 Å². The predicted molar refractivity (Wildman–Crippen MR) is 115 cm³/mol. The highest BCUT2D eigenvalue weighted by atomic mass is 35.5. The Kier molecular flexibility index (Phi) is 9.27. The quantitative estimate of drug-likeness (QED) is 0.541. The zero-order valence-electron chi connectivity index (χ0n) is 17.9. The number of nitrogens with one attached hydrogen (secondary N) is 1. The molecule has 0 aromatic heterocycles. The first kappa shape index (κ1) is 24.9. The first-order valence-corrected chi connectivity index (χ1v) is 9.95. The minimum absolute atomic E-state index is 0.00945. The number of nitrogens with zero attached hydrogens (tertiary/aromatic N) is 1. The van der Waals surface area contributed by atoms with Gasteiger partial charge in [0.1, 0.15) is 23.9 Å². The second-order valence-corrected chi connectivity index (χ2v) is 7.08. The van der Waals surface area contributed by atoms with E-state index in [9.17, 15) is 18.8 Å². The van der Waals surface area contributed by atoms with E-state index in [2.05, 4.69) is 10.1 Å². The van der Waals surface area contributed by atoms with Crippen molar-refractivity contribution in [2.24, 2.45) is 0 Å². The molecule has 0 spiro atoms. The highest BCUT2D eigenvalue weighted by Crippen LogP contribution is 2.23. The van der Waals surface area contributed by atoms with Crippen LogP contribution in [0.3, 0.4) is 0 Å². The number of hydrogen-bond donors (Lipinski definition) is 1. The van der Waals surface area contributed by atoms with Crippen LogP contribution in [0.25, 0.3) is 0 Å². The van der Waals surface area contributed by atoms with Crippen molar-refractivity contribution in [1.82, 2.24) is 10.2 Å². The lowest BCUT2D eigenvalue weighted by Crippen LogP contribution is -2.38. The van der Waals surface area contributed by atoms with Gasteiger partial charge in [0.2, 0.25) is 5.91 Å². The molecule has 0 atom stereocenters. The fourth-order valence-corrected chi connectivity index (χ4v) is 3.09. The Bertz CT molecular complexity index is 963. The molecule has 2 aromatic carbocycles. The summed E-state index contributed by atoms with van der Waals surface area (Å²) in [5, 5.41) is 2.53. The maximum Gasteiger partial charge on any atom is 0.325 e. The van der Waals surface area contributed by atoms with Gasteiger partial charge in [-0.15, -0.1) is 0 Å². The Morgan fingerprint density at radius 2 is 1.69 bits per heavy atom. The SMILES string of the molecule is COC(=O)CN(Cc1cc(OC)cc(OC)c1)C(=O)CCNC(=O)c1ccc(F)cc1Cl. The molecule has 2 aromatic rings. The predicted octanol–water partition coefficient (Wildman–Crippen LogP) is 2.82. The molecule has 0 bridgehead atoms. The lowest BCUT2D eigenvalue weighted by molar-refractivity contribution is -0.147. The van der Waals surface area contributed by atoms with Gasteiger partial charge in [-0.3, -0.25) is 14.4 Å². The minimum Gasteiger partial charge on any atom is -0.497 e. The lowest BCUT2D eigenvalue weighted by atomic mass is 10.1. The van der Waals surface area contributed by atoms with E-state index >= 15 is 0 Å². The molecule has 0 saturated carbocycles. The van der Waals surface area contributed by atoms with Crippen LogP contribution < -0.4 is 14.8 Å². The zero-order valence-corrected chi connectivity index (χ0v) is 18.7. The van der Waals surface area contributed by atoms with Gasteiger partial charge < -0.3 is 24.4 Å². The summed E-state index contributed by atoms with van der Waals surface area (Å²) in [6, 6.07) is 8.53. The summed E-state index contributed by atoms with van der Waals surface area (Å²) >= 11 is 5.88. The third-order valence-electron chi connectivity index (χ3n) is 4.49. The summed E-state index contributed by atoms with van der Waals surface area (Å²) < 4.78 is 28.3. The van der Waals surface area contributed by atoms with Crippen LogP contribution in [0.4, 0.5) is 4.39 Å². The van der Waals surface area contributed by atoms with E-state index in [1.54, 1.807) is 18.2 Å². The number of halogens is 2. The summed E-state index contributed by atoms with van der Waals surface area (Å²) in [5.41, 5.74) is 0.774. The second-order valence-electron chi connectivity index (χ2n) is 6.68. The summed E-state index contributed by atoms with van der Waals surface area (Å²) in [6.07, 6.45) is -0.0807. The Balaban J connectivity index is 2.06. The summed E-state index contributed by atoms with van der Waals surface area (Å²) in [6.45, 7) is -0.184. The zero-order chi connectivity index (χ0) is 23.7. The van der Waals surface area contributed by atoms with E-state index in [4.69, 9.17) is 21.1 Å². The molecular formula is C22H24ClFN2O6. The van der Waals surface area contributed by atoms with Gasteiger partial charge in [-0.25, -0.2) is 4.39 Å². The van der Waals surface area contributed by atoms with Gasteiger partial charge >= 0.3 is 5.97 Å². The molecule has 0 aliphatic heterocycles. The molecular weight excluding hydrogens is 443 g/mol. The Morgan fingerprint density at radius 3 is 2.25 bits per heavy atom. The first-order chi connectivity index (χ1) is 15.3. The minimum atomic E-state index is -0.588. The molecule has 0 aliphatic rings. The second kappa shape index (κ2) is 11.9. The standard InChI is InChI=1S/C22H24ClFN2O6/c1-30-16-8-14(9-17(11-16)31-2)12-26(13-21(28)32-3)20(27)6-7-25-22(29)18-5-4-15(24)10-19(18)23/h4-5,8-11H,6-7,12-13H2,1-3H3,(H,25,29). The maximum absolute atomic E-state index is 13.1. The molecule has 32 heavy (non-hydrogen) atoms. The monoisotopic (exact) mass is 466 g/mol. The van der Waals surface area contributed by atoms with Gasteiger partial charge in [0.15, 0.2) is 0 Å². The maximum atomic E-state index is 13.1. The van der Waals surface area contributed by atoms with Gasteiger partial charge in [-0.05, 0) is 35.9 Å². The third-order valence-corrected chi connectivity index (χ3v) is 4.80. The van der Waals surface area contributed by atoms with Crippen molar-refractivity contribution in [2.75, 3.05) is 34.4 Å². The van der Waals surface area contributed by atoms with Crippen LogP contribution in [-0.2, 0) is 20.9 Å². The molecule has 2 amide bonds. The largest absolute Gasteiger partial charge is 0.497 e. The van der Waals surface area contributed by atoms with E-state index in [-0.39, 0.29) is 42.5 Å². The van der Waals surface area contributed by atoms with Gasteiger partial charge in [0, 0.05) is 25.6 Å². The first-order valence-electron chi connectivity index (χ1n) is 9.57. The topological polar surface area (TPSA) is 94.2 Å². The van der Waals surface area contributed by atoms with Crippen molar-refractivity contribution in [3.63, 3.8) is 0 Å². The van der Waals surface area contributed by atoms with Crippen LogP contribution in [0.5, 0.6) is 11.5 Å². The molecule has 0 heterocycles. The van der Waals surface area contributed by atoms with E-state index in [1.807, 2.05) is 0 Å². The van der Waals surface area contributed by atoms with Gasteiger partial charge in [-0.2, -0.15) is 0 Å². The van der Waals surface area contributed by atoms with Crippen molar-refractivity contribution in [3.8, 4) is 11.5 Å². The normalized spacial score (nSPS) is 10.3.